The summed E-state index contributed by atoms with van der Waals surface area (Å²) in [5, 5.41) is 0. The van der Waals surface area contributed by atoms with E-state index in [9.17, 15) is 0 Å². The van der Waals surface area contributed by atoms with E-state index in [1.54, 1.807) is 6.20 Å². The Morgan fingerprint density at radius 2 is 2.22 bits per heavy atom. The van der Waals surface area contributed by atoms with Crippen molar-refractivity contribution >= 4 is 8.24 Å². The second-order valence-electron chi connectivity index (χ2n) is 3.07. The minimum Gasteiger partial charge on any atom is -0.365 e. The van der Waals surface area contributed by atoms with Gasteiger partial charge in [0.25, 0.3) is 0 Å². The van der Waals surface area contributed by atoms with Crippen LogP contribution in [-0.4, -0.2) is 17.5 Å². The van der Waals surface area contributed by atoms with Crippen molar-refractivity contribution in [2.24, 2.45) is 0 Å². The van der Waals surface area contributed by atoms with Gasteiger partial charge in [-0.3, -0.25) is 0 Å². The molecule has 0 radical (unpaired) electrons. The van der Waals surface area contributed by atoms with Crippen LogP contribution < -0.4 is 0 Å². The van der Waals surface area contributed by atoms with Crippen LogP contribution in [0.15, 0.2) is 18.7 Å². The van der Waals surface area contributed by atoms with Gasteiger partial charge in [0.1, 0.15) is 1.37 Å². The molecule has 1 rings (SSSR count). The van der Waals surface area contributed by atoms with Crippen LogP contribution in [0.3, 0.4) is 0 Å². The van der Waals surface area contributed by atoms with Crippen molar-refractivity contribution in [2.45, 2.75) is 19.6 Å². The highest BCUT2D eigenvalue weighted by molar-refractivity contribution is 6.74. The average molecular weight is 141 g/mol. The quantitative estimate of drug-likeness (QED) is 0.543. The van der Waals surface area contributed by atoms with E-state index in [4.69, 9.17) is 1.37 Å². The Balaban J connectivity index is 3.05. The molecule has 9 heavy (non-hydrogen) atoms. The van der Waals surface area contributed by atoms with E-state index in [1.807, 2.05) is 10.4 Å². The zero-order chi connectivity index (χ0) is 7.78. The van der Waals surface area contributed by atoms with Crippen molar-refractivity contribution in [2.75, 3.05) is 0 Å². The average Bonchev–Trinajstić information content (AvgIpc) is 2.11. The third kappa shape index (κ3) is 1.42. The van der Waals surface area contributed by atoms with Gasteiger partial charge in [-0.2, -0.15) is 0 Å². The van der Waals surface area contributed by atoms with Crippen LogP contribution in [0.5, 0.6) is 0 Å². The van der Waals surface area contributed by atoms with E-state index in [0.717, 1.165) is 0 Å². The molecule has 0 aliphatic carbocycles. The number of hydrogen-bond acceptors (Lipinski definition) is 1. The molecule has 0 unspecified atom stereocenters. The summed E-state index contributed by atoms with van der Waals surface area (Å²) in [5.41, 5.74) is 0. The fourth-order valence-electron chi connectivity index (χ4n) is 0.602. The highest BCUT2D eigenvalue weighted by atomic mass is 28.3. The smallest absolute Gasteiger partial charge is 0.154 e. The predicted molar refractivity (Wildman–Crippen MR) is 41.0 cm³/mol. The molecule has 0 N–H and O–H groups in total. The Morgan fingerprint density at radius 3 is 2.44 bits per heavy atom. The van der Waals surface area contributed by atoms with Gasteiger partial charge in [-0.05, 0) is 0 Å². The fourth-order valence-corrected chi connectivity index (χ4v) is 1.47. The van der Waals surface area contributed by atoms with Crippen LogP contribution in [0.25, 0.3) is 0 Å². The molecule has 0 saturated carbocycles. The van der Waals surface area contributed by atoms with Gasteiger partial charge < -0.3 is 4.23 Å². The molecule has 0 aromatic carbocycles. The van der Waals surface area contributed by atoms with E-state index >= 15 is 0 Å². The standard InChI is InChI=1S/C6H12N2Si/c1-9(2,3)8-5-4-7-6-8/h4-6H,1-3H3/i6D. The van der Waals surface area contributed by atoms with Crippen LogP contribution in [0.4, 0.5) is 0 Å². The SMILES string of the molecule is [2H]c1nccn1[Si](C)(C)C. The molecule has 50 valence electrons. The highest BCUT2D eigenvalue weighted by Gasteiger charge is 2.13. The van der Waals surface area contributed by atoms with E-state index in [2.05, 4.69) is 24.6 Å². The lowest BCUT2D eigenvalue weighted by Gasteiger charge is -2.16. The van der Waals surface area contributed by atoms with Crippen LogP contribution in [0.2, 0.25) is 19.6 Å². The molecule has 0 fully saturated rings. The first-order valence-corrected chi connectivity index (χ1v) is 6.47. The monoisotopic (exact) mass is 141 g/mol. The molecule has 3 heteroatoms. The van der Waals surface area contributed by atoms with Gasteiger partial charge in [-0.15, -0.1) is 0 Å². The lowest BCUT2D eigenvalue weighted by molar-refractivity contribution is 1.12. The molecule has 0 saturated heterocycles. The van der Waals surface area contributed by atoms with E-state index < -0.39 is 8.24 Å². The number of rotatable bonds is 1. The summed E-state index contributed by atoms with van der Waals surface area (Å²) in [5.74, 6) is 0. The molecular formula is C6H12N2Si. The second kappa shape index (κ2) is 1.99. The summed E-state index contributed by atoms with van der Waals surface area (Å²) in [7, 11) is -1.36. The van der Waals surface area contributed by atoms with Crippen molar-refractivity contribution in [3.8, 4) is 0 Å². The van der Waals surface area contributed by atoms with Gasteiger partial charge in [0.05, 0.1) is 6.30 Å². The van der Waals surface area contributed by atoms with Crippen LogP contribution in [0.1, 0.15) is 1.37 Å². The maximum atomic E-state index is 7.39. The summed E-state index contributed by atoms with van der Waals surface area (Å²) in [6, 6.07) is 0. The molecule has 0 spiro atoms. The first kappa shape index (κ1) is 5.23. The van der Waals surface area contributed by atoms with E-state index in [0.29, 0.717) is 6.30 Å². The molecular weight excluding hydrogens is 128 g/mol. The normalized spacial score (nSPS) is 13.4. The van der Waals surface area contributed by atoms with Crippen LogP contribution in [0, 0.1) is 0 Å². The van der Waals surface area contributed by atoms with Crippen molar-refractivity contribution in [3.05, 3.63) is 18.7 Å². The first-order valence-electron chi connectivity index (χ1n) is 3.52. The predicted octanol–water partition coefficient (Wildman–Crippen LogP) is 1.57. The second-order valence-corrected chi connectivity index (χ2v) is 7.89. The Bertz CT molecular complexity index is 226. The van der Waals surface area contributed by atoms with Crippen molar-refractivity contribution in [3.63, 3.8) is 0 Å². The zero-order valence-corrected chi connectivity index (χ0v) is 7.05. The summed E-state index contributed by atoms with van der Waals surface area (Å²) < 4.78 is 9.36. The summed E-state index contributed by atoms with van der Waals surface area (Å²) >= 11 is 0. The first-order chi connectivity index (χ1) is 4.52. The van der Waals surface area contributed by atoms with Gasteiger partial charge in [-0.1, -0.05) is 19.6 Å². The number of imidazole rings is 1. The molecule has 0 aliphatic rings. The van der Waals surface area contributed by atoms with Gasteiger partial charge >= 0.3 is 0 Å². The van der Waals surface area contributed by atoms with Gasteiger partial charge in [0, 0.05) is 12.4 Å². The summed E-state index contributed by atoms with van der Waals surface area (Å²) in [6.07, 6.45) is 3.95. The Labute approximate surface area is 58.0 Å². The Kier molecular flexibility index (Phi) is 1.15. The maximum absolute atomic E-state index is 7.39. The third-order valence-corrected chi connectivity index (χ3v) is 2.87. The van der Waals surface area contributed by atoms with Crippen molar-refractivity contribution in [1.29, 1.82) is 0 Å². The van der Waals surface area contributed by atoms with Crippen molar-refractivity contribution < 1.29 is 1.37 Å². The summed E-state index contributed by atoms with van der Waals surface area (Å²) in [4.78, 5) is 3.85. The van der Waals surface area contributed by atoms with Gasteiger partial charge in [0.15, 0.2) is 8.24 Å². The van der Waals surface area contributed by atoms with E-state index in [1.165, 1.54) is 0 Å². The zero-order valence-electron chi connectivity index (χ0n) is 7.05. The summed E-state index contributed by atoms with van der Waals surface area (Å²) in [6.45, 7) is 6.56. The fraction of sp³-hybridized carbons (Fsp3) is 0.500. The maximum Gasteiger partial charge on any atom is 0.154 e. The molecule has 2 nitrogen and oxygen atoms in total. The topological polar surface area (TPSA) is 17.8 Å². The largest absolute Gasteiger partial charge is 0.365 e. The number of hydrogen-bond donors (Lipinski definition) is 0. The molecule has 0 atom stereocenters. The lowest BCUT2D eigenvalue weighted by Crippen LogP contribution is -2.30. The molecule has 0 bridgehead atoms. The van der Waals surface area contributed by atoms with E-state index in [-0.39, 0.29) is 0 Å². The molecule has 1 aromatic heterocycles. The van der Waals surface area contributed by atoms with Crippen LogP contribution >= 0.6 is 0 Å². The number of aromatic nitrogens is 2. The van der Waals surface area contributed by atoms with Gasteiger partial charge in [0.2, 0.25) is 0 Å². The third-order valence-electron chi connectivity index (χ3n) is 1.18. The molecule has 0 amide bonds. The highest BCUT2D eigenvalue weighted by Crippen LogP contribution is 2.03. The van der Waals surface area contributed by atoms with Crippen molar-refractivity contribution in [1.82, 2.24) is 9.22 Å². The molecule has 1 heterocycles. The minimum atomic E-state index is -1.36. The minimum absolute atomic E-state index is 0.388. The van der Waals surface area contributed by atoms with Crippen LogP contribution in [-0.2, 0) is 0 Å². The van der Waals surface area contributed by atoms with Gasteiger partial charge in [-0.25, -0.2) is 4.98 Å². The number of nitrogens with zero attached hydrogens (tertiary/aromatic N) is 2. The molecule has 1 aromatic rings. The Morgan fingerprint density at radius 1 is 1.56 bits per heavy atom. The Hall–Kier alpha value is -0.573. The lowest BCUT2D eigenvalue weighted by atomic mass is 11.0. The molecule has 0 aliphatic heterocycles.